The van der Waals surface area contributed by atoms with Crippen molar-refractivity contribution < 1.29 is 14.3 Å². The van der Waals surface area contributed by atoms with Crippen molar-refractivity contribution in [2.75, 3.05) is 11.9 Å². The molecule has 3 aromatic rings. The van der Waals surface area contributed by atoms with Crippen molar-refractivity contribution in [1.82, 2.24) is 14.7 Å². The molecule has 2 N–H and O–H groups in total. The summed E-state index contributed by atoms with van der Waals surface area (Å²) in [6.07, 6.45) is 8.08. The Morgan fingerprint density at radius 1 is 1.19 bits per heavy atom. The molecule has 1 saturated carbocycles. The molecule has 0 saturated heterocycles. The number of aliphatic hydroxyl groups excluding tert-OH is 1. The Bertz CT molecular complexity index is 1050. The Kier molecular flexibility index (Phi) is 6.37. The van der Waals surface area contributed by atoms with E-state index in [9.17, 15) is 9.90 Å². The molecular weight excluding hydrogens is 404 g/mol. The van der Waals surface area contributed by atoms with Crippen molar-refractivity contribution in [3.63, 3.8) is 0 Å². The first-order valence-electron chi connectivity index (χ1n) is 11.2. The number of carbonyl (C=O) groups is 1. The van der Waals surface area contributed by atoms with Crippen molar-refractivity contribution in [2.24, 2.45) is 0 Å². The standard InChI is InChI=1S/C25H32N4O3/c1-18-8-13-23(32-18)16-28(22-6-4-5-7-22)24(31)27-21-11-9-19(10-12-21)20-14-26-29(15-20)25(2,3)17-30/h8-15,22,30H,4-7,16-17H2,1-3H3,(H,27,31). The quantitative estimate of drug-likeness (QED) is 0.536. The Hall–Kier alpha value is -3.06. The minimum atomic E-state index is -0.456. The van der Waals surface area contributed by atoms with Crippen LogP contribution in [0.1, 0.15) is 51.1 Å². The van der Waals surface area contributed by atoms with Crippen molar-refractivity contribution in [1.29, 1.82) is 0 Å². The van der Waals surface area contributed by atoms with Crippen LogP contribution in [0.4, 0.5) is 10.5 Å². The van der Waals surface area contributed by atoms with Gasteiger partial charge in [0.2, 0.25) is 0 Å². The number of amides is 2. The number of furan rings is 1. The number of aromatic nitrogens is 2. The van der Waals surface area contributed by atoms with E-state index in [4.69, 9.17) is 4.42 Å². The van der Waals surface area contributed by atoms with E-state index >= 15 is 0 Å². The minimum absolute atomic E-state index is 0.00809. The maximum atomic E-state index is 13.1. The summed E-state index contributed by atoms with van der Waals surface area (Å²) in [6.45, 7) is 6.26. The third-order valence-corrected chi connectivity index (χ3v) is 6.21. The summed E-state index contributed by atoms with van der Waals surface area (Å²) < 4.78 is 7.50. The van der Waals surface area contributed by atoms with Crippen LogP contribution in [0.2, 0.25) is 0 Å². The molecule has 0 radical (unpaired) electrons. The van der Waals surface area contributed by atoms with Gasteiger partial charge in [-0.25, -0.2) is 4.79 Å². The van der Waals surface area contributed by atoms with Crippen LogP contribution in [0, 0.1) is 6.92 Å². The fraction of sp³-hybridized carbons (Fsp3) is 0.440. The van der Waals surface area contributed by atoms with Crippen LogP contribution in [0.25, 0.3) is 11.1 Å². The largest absolute Gasteiger partial charge is 0.464 e. The predicted octanol–water partition coefficient (Wildman–Crippen LogP) is 5.16. The molecule has 7 heteroatoms. The first kappa shape index (κ1) is 22.1. The summed E-state index contributed by atoms with van der Waals surface area (Å²) in [6, 6.07) is 11.8. The number of rotatable bonds is 7. The van der Waals surface area contributed by atoms with Gasteiger partial charge >= 0.3 is 6.03 Å². The van der Waals surface area contributed by atoms with Gasteiger partial charge in [0, 0.05) is 23.5 Å². The van der Waals surface area contributed by atoms with Crippen LogP contribution < -0.4 is 5.32 Å². The van der Waals surface area contributed by atoms with E-state index in [2.05, 4.69) is 10.4 Å². The van der Waals surface area contributed by atoms with E-state index in [-0.39, 0.29) is 18.7 Å². The van der Waals surface area contributed by atoms with Gasteiger partial charge in [0.05, 0.1) is 24.9 Å². The van der Waals surface area contributed by atoms with E-state index in [1.54, 1.807) is 10.9 Å². The molecule has 2 amide bonds. The van der Waals surface area contributed by atoms with E-state index in [1.807, 2.05) is 68.3 Å². The second-order valence-corrected chi connectivity index (χ2v) is 9.23. The number of nitrogens with one attached hydrogen (secondary N) is 1. The maximum Gasteiger partial charge on any atom is 0.322 e. The average molecular weight is 437 g/mol. The molecule has 0 spiro atoms. The summed E-state index contributed by atoms with van der Waals surface area (Å²) in [5, 5.41) is 17.0. The third-order valence-electron chi connectivity index (χ3n) is 6.21. The van der Waals surface area contributed by atoms with E-state index in [1.165, 1.54) is 0 Å². The Morgan fingerprint density at radius 3 is 2.53 bits per heavy atom. The molecule has 0 bridgehead atoms. The molecule has 0 atom stereocenters. The van der Waals surface area contributed by atoms with Crippen molar-refractivity contribution in [2.45, 2.75) is 64.6 Å². The highest BCUT2D eigenvalue weighted by Crippen LogP contribution is 2.27. The van der Waals surface area contributed by atoms with Crippen LogP contribution in [-0.4, -0.2) is 38.5 Å². The second-order valence-electron chi connectivity index (χ2n) is 9.23. The molecular formula is C25H32N4O3. The van der Waals surface area contributed by atoms with Gasteiger partial charge in [0.25, 0.3) is 0 Å². The lowest BCUT2D eigenvalue weighted by atomic mass is 10.1. The summed E-state index contributed by atoms with van der Waals surface area (Å²) >= 11 is 0. The lowest BCUT2D eigenvalue weighted by Crippen LogP contribution is -2.41. The highest BCUT2D eigenvalue weighted by molar-refractivity contribution is 5.89. The van der Waals surface area contributed by atoms with E-state index in [0.29, 0.717) is 6.54 Å². The third kappa shape index (κ3) is 4.88. The zero-order valence-electron chi connectivity index (χ0n) is 19.0. The molecule has 1 aromatic carbocycles. The zero-order chi connectivity index (χ0) is 22.7. The lowest BCUT2D eigenvalue weighted by molar-refractivity contribution is 0.152. The van der Waals surface area contributed by atoms with E-state index < -0.39 is 5.54 Å². The topological polar surface area (TPSA) is 83.5 Å². The summed E-state index contributed by atoms with van der Waals surface area (Å²) in [5.74, 6) is 1.66. The molecule has 4 rings (SSSR count). The van der Waals surface area contributed by atoms with Crippen LogP contribution in [-0.2, 0) is 12.1 Å². The SMILES string of the molecule is Cc1ccc(CN(C(=O)Nc2ccc(-c3cnn(C(C)(C)CO)c3)cc2)C2CCCC2)o1. The number of aryl methyl sites for hydroxylation is 1. The predicted molar refractivity (Wildman–Crippen MR) is 124 cm³/mol. The van der Waals surface area contributed by atoms with Gasteiger partial charge in [-0.3, -0.25) is 4.68 Å². The highest BCUT2D eigenvalue weighted by atomic mass is 16.3. The average Bonchev–Trinajstić information content (AvgIpc) is 3.54. The summed E-state index contributed by atoms with van der Waals surface area (Å²) in [4.78, 5) is 15.1. The maximum absolute atomic E-state index is 13.1. The lowest BCUT2D eigenvalue weighted by Gasteiger charge is -2.28. The first-order chi connectivity index (χ1) is 15.4. The zero-order valence-corrected chi connectivity index (χ0v) is 19.0. The van der Waals surface area contributed by atoms with Gasteiger partial charge in [-0.05, 0) is 63.4 Å². The van der Waals surface area contributed by atoms with Crippen LogP contribution in [0.3, 0.4) is 0 Å². The number of hydrogen-bond acceptors (Lipinski definition) is 4. The number of urea groups is 1. The Morgan fingerprint density at radius 2 is 1.91 bits per heavy atom. The minimum Gasteiger partial charge on any atom is -0.464 e. The molecule has 2 aromatic heterocycles. The van der Waals surface area contributed by atoms with Gasteiger partial charge in [-0.15, -0.1) is 0 Å². The first-order valence-corrected chi connectivity index (χ1v) is 11.2. The molecule has 2 heterocycles. The molecule has 1 aliphatic rings. The number of anilines is 1. The van der Waals surface area contributed by atoms with Crippen LogP contribution in [0.15, 0.2) is 53.2 Å². The summed E-state index contributed by atoms with van der Waals surface area (Å²) in [7, 11) is 0. The molecule has 0 aliphatic heterocycles. The Labute approximate surface area is 189 Å². The number of benzene rings is 1. The molecule has 170 valence electrons. The van der Waals surface area contributed by atoms with Gasteiger partial charge < -0.3 is 19.7 Å². The van der Waals surface area contributed by atoms with Crippen molar-refractivity contribution in [3.8, 4) is 11.1 Å². The Balaban J connectivity index is 1.46. The van der Waals surface area contributed by atoms with Crippen LogP contribution in [0.5, 0.6) is 0 Å². The molecule has 7 nitrogen and oxygen atoms in total. The number of carbonyl (C=O) groups excluding carboxylic acids is 1. The molecule has 1 aliphatic carbocycles. The molecule has 1 fully saturated rings. The monoisotopic (exact) mass is 436 g/mol. The van der Waals surface area contributed by atoms with E-state index in [0.717, 1.165) is 54.0 Å². The number of hydrogen-bond donors (Lipinski definition) is 2. The highest BCUT2D eigenvalue weighted by Gasteiger charge is 2.28. The van der Waals surface area contributed by atoms with Crippen molar-refractivity contribution in [3.05, 3.63) is 60.3 Å². The second kappa shape index (κ2) is 9.20. The fourth-order valence-corrected chi connectivity index (χ4v) is 4.14. The van der Waals surface area contributed by atoms with Crippen LogP contribution >= 0.6 is 0 Å². The normalized spacial score (nSPS) is 14.6. The fourth-order valence-electron chi connectivity index (χ4n) is 4.14. The number of nitrogens with zero attached hydrogens (tertiary/aromatic N) is 3. The van der Waals surface area contributed by atoms with Gasteiger partial charge in [-0.2, -0.15) is 5.10 Å². The van der Waals surface area contributed by atoms with Gasteiger partial charge in [0.15, 0.2) is 0 Å². The van der Waals surface area contributed by atoms with Gasteiger partial charge in [-0.1, -0.05) is 25.0 Å². The smallest absolute Gasteiger partial charge is 0.322 e. The molecule has 32 heavy (non-hydrogen) atoms. The van der Waals surface area contributed by atoms with Gasteiger partial charge in [0.1, 0.15) is 11.5 Å². The van der Waals surface area contributed by atoms with Crippen molar-refractivity contribution >= 4 is 11.7 Å². The number of aliphatic hydroxyl groups is 1. The molecule has 0 unspecified atom stereocenters. The summed E-state index contributed by atoms with van der Waals surface area (Å²) in [5.41, 5.74) is 2.26.